The standard InChI is InChI=1S/C20H15Cl4N3O5/c21-11-1-3-13(14(23)6-11)19(30)26-27-8-10(5-18(27)29)20(31)32-9-17(28)25-16-4-2-12(22)7-15(16)24/h1-4,6-7,10H,5,8-9H2,(H,25,28)(H,26,30)/t10-/m1/s1. The number of halogens is 4. The van der Waals surface area contributed by atoms with E-state index in [1.54, 1.807) is 6.07 Å². The summed E-state index contributed by atoms with van der Waals surface area (Å²) in [7, 11) is 0. The smallest absolute Gasteiger partial charge is 0.311 e. The Morgan fingerprint density at radius 2 is 1.66 bits per heavy atom. The van der Waals surface area contributed by atoms with Crippen molar-refractivity contribution in [1.29, 1.82) is 0 Å². The molecular formula is C20H15Cl4N3O5. The van der Waals surface area contributed by atoms with Crippen LogP contribution >= 0.6 is 46.4 Å². The number of nitrogens with one attached hydrogen (secondary N) is 2. The van der Waals surface area contributed by atoms with Gasteiger partial charge in [0, 0.05) is 16.5 Å². The van der Waals surface area contributed by atoms with Crippen LogP contribution in [0.4, 0.5) is 5.69 Å². The molecular weight excluding hydrogens is 504 g/mol. The van der Waals surface area contributed by atoms with Gasteiger partial charge >= 0.3 is 5.97 Å². The van der Waals surface area contributed by atoms with Gasteiger partial charge in [-0.05, 0) is 36.4 Å². The second-order valence-corrected chi connectivity index (χ2v) is 8.44. The molecule has 3 amide bonds. The molecule has 1 heterocycles. The van der Waals surface area contributed by atoms with Gasteiger partial charge in [0.2, 0.25) is 5.91 Å². The first-order valence-electron chi connectivity index (χ1n) is 9.12. The van der Waals surface area contributed by atoms with Gasteiger partial charge in [-0.2, -0.15) is 0 Å². The second-order valence-electron chi connectivity index (χ2n) is 6.75. The number of ether oxygens (including phenoxy) is 1. The molecule has 168 valence electrons. The van der Waals surface area contributed by atoms with Gasteiger partial charge in [-0.25, -0.2) is 0 Å². The number of rotatable bonds is 6. The van der Waals surface area contributed by atoms with Gasteiger partial charge in [0.15, 0.2) is 6.61 Å². The first-order valence-corrected chi connectivity index (χ1v) is 10.6. The van der Waals surface area contributed by atoms with Crippen molar-refractivity contribution in [2.24, 2.45) is 5.92 Å². The molecule has 2 aromatic rings. The van der Waals surface area contributed by atoms with E-state index in [1.807, 2.05) is 0 Å². The van der Waals surface area contributed by atoms with Crippen molar-refractivity contribution < 1.29 is 23.9 Å². The molecule has 0 bridgehead atoms. The van der Waals surface area contributed by atoms with Crippen molar-refractivity contribution in [1.82, 2.24) is 10.4 Å². The zero-order valence-electron chi connectivity index (χ0n) is 16.2. The minimum absolute atomic E-state index is 0.112. The highest BCUT2D eigenvalue weighted by atomic mass is 35.5. The summed E-state index contributed by atoms with van der Waals surface area (Å²) in [4.78, 5) is 48.9. The zero-order chi connectivity index (χ0) is 23.4. The Morgan fingerprint density at radius 1 is 1.00 bits per heavy atom. The Morgan fingerprint density at radius 3 is 2.31 bits per heavy atom. The molecule has 12 heteroatoms. The van der Waals surface area contributed by atoms with Crippen LogP contribution < -0.4 is 10.7 Å². The summed E-state index contributed by atoms with van der Waals surface area (Å²) in [5, 5.41) is 4.60. The predicted molar refractivity (Wildman–Crippen MR) is 120 cm³/mol. The van der Waals surface area contributed by atoms with Crippen LogP contribution in [0.1, 0.15) is 16.8 Å². The van der Waals surface area contributed by atoms with E-state index in [0.717, 1.165) is 5.01 Å². The fraction of sp³-hybridized carbons (Fsp3) is 0.200. The number of nitrogens with zero attached hydrogens (tertiary/aromatic N) is 1. The molecule has 0 saturated carbocycles. The lowest BCUT2D eigenvalue weighted by Crippen LogP contribution is -2.43. The molecule has 0 aliphatic carbocycles. The highest BCUT2D eigenvalue weighted by Crippen LogP contribution is 2.25. The van der Waals surface area contributed by atoms with Crippen LogP contribution in [0, 0.1) is 5.92 Å². The summed E-state index contributed by atoms with van der Waals surface area (Å²) in [6.45, 7) is -0.686. The molecule has 2 N–H and O–H groups in total. The first-order chi connectivity index (χ1) is 15.1. The quantitative estimate of drug-likeness (QED) is 0.563. The average molecular weight is 519 g/mol. The summed E-state index contributed by atoms with van der Waals surface area (Å²) in [5.74, 6) is -3.34. The molecule has 1 aliphatic rings. The normalized spacial score (nSPS) is 15.4. The number of anilines is 1. The maximum Gasteiger partial charge on any atom is 0.311 e. The summed E-state index contributed by atoms with van der Waals surface area (Å²) < 4.78 is 4.99. The zero-order valence-corrected chi connectivity index (χ0v) is 19.2. The van der Waals surface area contributed by atoms with Gasteiger partial charge < -0.3 is 10.1 Å². The number of hydrogen-bond donors (Lipinski definition) is 2. The van der Waals surface area contributed by atoms with E-state index in [9.17, 15) is 19.2 Å². The van der Waals surface area contributed by atoms with Crippen LogP contribution in [0.5, 0.6) is 0 Å². The lowest BCUT2D eigenvalue weighted by molar-refractivity contribution is -0.151. The molecule has 1 atom stereocenters. The Hall–Kier alpha value is -2.52. The van der Waals surface area contributed by atoms with Crippen LogP contribution in [0.15, 0.2) is 36.4 Å². The van der Waals surface area contributed by atoms with Crippen LogP contribution in [-0.2, 0) is 19.1 Å². The van der Waals surface area contributed by atoms with E-state index in [4.69, 9.17) is 51.1 Å². The van der Waals surface area contributed by atoms with Gasteiger partial charge in [-0.15, -0.1) is 0 Å². The summed E-state index contributed by atoms with van der Waals surface area (Å²) in [5.41, 5.74) is 2.83. The lowest BCUT2D eigenvalue weighted by Gasteiger charge is -2.18. The van der Waals surface area contributed by atoms with Crippen molar-refractivity contribution in [2.75, 3.05) is 18.5 Å². The van der Waals surface area contributed by atoms with Crippen LogP contribution in [0.3, 0.4) is 0 Å². The molecule has 1 aliphatic heterocycles. The highest BCUT2D eigenvalue weighted by Gasteiger charge is 2.37. The van der Waals surface area contributed by atoms with E-state index in [0.29, 0.717) is 15.7 Å². The third-order valence-corrected chi connectivity index (χ3v) is 5.52. The van der Waals surface area contributed by atoms with Gasteiger partial charge in [-0.3, -0.25) is 29.6 Å². The van der Waals surface area contributed by atoms with E-state index in [2.05, 4.69) is 10.7 Å². The van der Waals surface area contributed by atoms with Gasteiger partial charge in [-0.1, -0.05) is 46.4 Å². The number of amides is 3. The minimum Gasteiger partial charge on any atom is -0.455 e. The number of carbonyl (C=O) groups is 4. The fourth-order valence-electron chi connectivity index (χ4n) is 2.86. The minimum atomic E-state index is -0.851. The largest absolute Gasteiger partial charge is 0.455 e. The van der Waals surface area contributed by atoms with E-state index < -0.39 is 36.2 Å². The molecule has 32 heavy (non-hydrogen) atoms. The third-order valence-electron chi connectivity index (χ3n) is 4.42. The number of carbonyl (C=O) groups excluding carboxylic acids is 4. The van der Waals surface area contributed by atoms with Crippen molar-refractivity contribution in [3.8, 4) is 0 Å². The van der Waals surface area contributed by atoms with Crippen LogP contribution in [0.2, 0.25) is 20.1 Å². The molecule has 8 nitrogen and oxygen atoms in total. The molecule has 0 spiro atoms. The van der Waals surface area contributed by atoms with Crippen molar-refractivity contribution in [3.05, 3.63) is 62.1 Å². The first kappa shape index (κ1) is 24.1. The molecule has 0 aromatic heterocycles. The second kappa shape index (κ2) is 10.4. The van der Waals surface area contributed by atoms with Crippen molar-refractivity contribution in [2.45, 2.75) is 6.42 Å². The summed E-state index contributed by atoms with van der Waals surface area (Å²) >= 11 is 23.6. The van der Waals surface area contributed by atoms with E-state index in [-0.39, 0.29) is 28.6 Å². The summed E-state index contributed by atoms with van der Waals surface area (Å²) in [6, 6.07) is 8.79. The van der Waals surface area contributed by atoms with Crippen LogP contribution in [0.25, 0.3) is 0 Å². The SMILES string of the molecule is O=C(COC(=O)[C@@H]1CC(=O)N(NC(=O)c2ccc(Cl)cc2Cl)C1)Nc1ccc(Cl)cc1Cl. The van der Waals surface area contributed by atoms with Gasteiger partial charge in [0.25, 0.3) is 11.8 Å². The molecule has 0 unspecified atom stereocenters. The fourth-order valence-corrected chi connectivity index (χ4v) is 3.81. The maximum atomic E-state index is 12.4. The number of hydrogen-bond acceptors (Lipinski definition) is 5. The highest BCUT2D eigenvalue weighted by molar-refractivity contribution is 6.37. The van der Waals surface area contributed by atoms with E-state index in [1.165, 1.54) is 30.3 Å². The molecule has 2 aromatic carbocycles. The Kier molecular flexibility index (Phi) is 7.84. The molecule has 0 radical (unpaired) electrons. The Balaban J connectivity index is 1.51. The molecule has 3 rings (SSSR count). The van der Waals surface area contributed by atoms with Crippen LogP contribution in [-0.4, -0.2) is 41.9 Å². The third kappa shape index (κ3) is 6.04. The lowest BCUT2D eigenvalue weighted by atomic mass is 10.1. The van der Waals surface area contributed by atoms with Gasteiger partial charge in [0.05, 0.1) is 33.8 Å². The van der Waals surface area contributed by atoms with Crippen molar-refractivity contribution >= 4 is 75.8 Å². The monoisotopic (exact) mass is 517 g/mol. The molecule has 1 saturated heterocycles. The summed E-state index contributed by atoms with van der Waals surface area (Å²) in [6.07, 6.45) is -0.182. The molecule has 1 fully saturated rings. The number of hydrazine groups is 1. The number of benzene rings is 2. The predicted octanol–water partition coefficient (Wildman–Crippen LogP) is 3.98. The Labute approximate surface area is 202 Å². The topological polar surface area (TPSA) is 105 Å². The average Bonchev–Trinajstić information content (AvgIpc) is 3.08. The maximum absolute atomic E-state index is 12.4. The van der Waals surface area contributed by atoms with Crippen molar-refractivity contribution in [3.63, 3.8) is 0 Å². The number of esters is 1. The van der Waals surface area contributed by atoms with Gasteiger partial charge in [0.1, 0.15) is 0 Å². The van der Waals surface area contributed by atoms with E-state index >= 15 is 0 Å². The Bertz CT molecular complexity index is 1090.